The first-order chi connectivity index (χ1) is 11.2. The second-order valence-electron chi connectivity index (χ2n) is 6.55. The van der Waals surface area contributed by atoms with Crippen LogP contribution in [0.5, 0.6) is 11.5 Å². The Morgan fingerprint density at radius 3 is 2.33 bits per heavy atom. The van der Waals surface area contributed by atoms with Crippen LogP contribution in [0.4, 0.5) is 4.39 Å². The molecule has 1 aliphatic carbocycles. The highest BCUT2D eigenvalue weighted by molar-refractivity contribution is 6.01. The molecule has 1 heterocycles. The average molecular weight is 334 g/mol. The maximum absolute atomic E-state index is 14.2. The first-order valence-electron chi connectivity index (χ1n) is 7.82. The van der Waals surface area contributed by atoms with E-state index in [9.17, 15) is 19.1 Å². The summed E-state index contributed by atoms with van der Waals surface area (Å²) in [6, 6.07) is 0. The van der Waals surface area contributed by atoms with E-state index in [1.54, 1.807) is 13.8 Å². The highest BCUT2D eigenvalue weighted by Crippen LogP contribution is 2.44. The molecule has 0 radical (unpaired) electrons. The Kier molecular flexibility index (Phi) is 3.66. The van der Waals surface area contributed by atoms with Gasteiger partial charge in [-0.1, -0.05) is 13.8 Å². The minimum Gasteiger partial charge on any atom is -0.505 e. The molecule has 3 unspecified atom stereocenters. The van der Waals surface area contributed by atoms with E-state index in [1.165, 1.54) is 13.8 Å². The standard InChI is InChI=1S/C18H19FO5/c1-6-7(2)16-17(9(4)13(6)20)24-18(22)11-8(3)12(19)14(21)10(5)15(11)23-16/h6-7,16,21H,1-5H3. The molecule has 2 aliphatic rings. The molecule has 0 amide bonds. The molecule has 1 aromatic rings. The van der Waals surface area contributed by atoms with E-state index in [4.69, 9.17) is 9.47 Å². The number of hydrogen-bond donors (Lipinski definition) is 1. The van der Waals surface area contributed by atoms with Gasteiger partial charge >= 0.3 is 5.97 Å². The third-order valence-electron chi connectivity index (χ3n) is 5.16. The molecular weight excluding hydrogens is 315 g/mol. The summed E-state index contributed by atoms with van der Waals surface area (Å²) < 4.78 is 25.6. The summed E-state index contributed by atoms with van der Waals surface area (Å²) in [5.74, 6) is -2.55. The molecule has 1 N–H and O–H groups in total. The van der Waals surface area contributed by atoms with Crippen LogP contribution < -0.4 is 4.74 Å². The molecule has 0 fully saturated rings. The Morgan fingerprint density at radius 1 is 1.08 bits per heavy atom. The molecule has 5 nitrogen and oxygen atoms in total. The average Bonchev–Trinajstić information content (AvgIpc) is 2.71. The van der Waals surface area contributed by atoms with Crippen molar-refractivity contribution < 1.29 is 28.6 Å². The molecule has 6 heteroatoms. The largest absolute Gasteiger partial charge is 0.505 e. The number of hydrogen-bond acceptors (Lipinski definition) is 5. The van der Waals surface area contributed by atoms with Crippen molar-refractivity contribution in [2.45, 2.75) is 40.7 Å². The lowest BCUT2D eigenvalue weighted by Crippen LogP contribution is -2.41. The third kappa shape index (κ3) is 2.05. The van der Waals surface area contributed by atoms with Crippen LogP contribution in [0.2, 0.25) is 0 Å². The summed E-state index contributed by atoms with van der Waals surface area (Å²) in [6.07, 6.45) is -0.647. The van der Waals surface area contributed by atoms with Crippen molar-refractivity contribution in [3.8, 4) is 11.5 Å². The van der Waals surface area contributed by atoms with Gasteiger partial charge in [0.1, 0.15) is 11.3 Å². The lowest BCUT2D eigenvalue weighted by molar-refractivity contribution is -0.122. The van der Waals surface area contributed by atoms with Gasteiger partial charge in [0.05, 0.1) is 0 Å². The SMILES string of the molecule is CC1=C2OC(=O)c3c(C)c(F)c(O)c(C)c3OC2C(C)C(C)C1=O. The van der Waals surface area contributed by atoms with Gasteiger partial charge < -0.3 is 14.6 Å². The van der Waals surface area contributed by atoms with Crippen LogP contribution in [0, 0.1) is 31.5 Å². The lowest BCUT2D eigenvalue weighted by Gasteiger charge is -2.33. The number of ether oxygens (including phenoxy) is 2. The van der Waals surface area contributed by atoms with Crippen LogP contribution in [0.25, 0.3) is 0 Å². The number of rotatable bonds is 0. The normalized spacial score (nSPS) is 26.3. The Hall–Kier alpha value is -2.37. The highest BCUT2D eigenvalue weighted by atomic mass is 19.1. The lowest BCUT2D eigenvalue weighted by atomic mass is 9.78. The van der Waals surface area contributed by atoms with Crippen molar-refractivity contribution in [2.24, 2.45) is 11.8 Å². The summed E-state index contributed by atoms with van der Waals surface area (Å²) in [6.45, 7) is 8.09. The van der Waals surface area contributed by atoms with E-state index in [0.717, 1.165) is 0 Å². The Labute approximate surface area is 139 Å². The first kappa shape index (κ1) is 16.5. The fraction of sp³-hybridized carbons (Fsp3) is 0.444. The van der Waals surface area contributed by atoms with Gasteiger partial charge in [0.25, 0.3) is 0 Å². The predicted molar refractivity (Wildman–Crippen MR) is 83.4 cm³/mol. The molecule has 1 aliphatic heterocycles. The van der Waals surface area contributed by atoms with Gasteiger partial charge in [-0.3, -0.25) is 4.79 Å². The van der Waals surface area contributed by atoms with Crippen molar-refractivity contribution in [1.82, 2.24) is 0 Å². The number of aromatic hydroxyl groups is 1. The molecule has 24 heavy (non-hydrogen) atoms. The summed E-state index contributed by atoms with van der Waals surface area (Å²) in [5.41, 5.74) is 0.388. The first-order valence-corrected chi connectivity index (χ1v) is 7.82. The molecular formula is C18H19FO5. The number of carbonyl (C=O) groups is 2. The molecule has 3 atom stereocenters. The summed E-state index contributed by atoms with van der Waals surface area (Å²) in [4.78, 5) is 24.9. The molecule has 128 valence electrons. The van der Waals surface area contributed by atoms with E-state index in [2.05, 4.69) is 0 Å². The molecule has 0 spiro atoms. The smallest absolute Gasteiger partial charge is 0.347 e. The molecule has 3 rings (SSSR count). The van der Waals surface area contributed by atoms with Gasteiger partial charge in [-0.05, 0) is 20.8 Å². The number of halogens is 1. The molecule has 0 bridgehead atoms. The van der Waals surface area contributed by atoms with E-state index >= 15 is 0 Å². The van der Waals surface area contributed by atoms with Crippen molar-refractivity contribution in [3.05, 3.63) is 33.8 Å². The highest BCUT2D eigenvalue weighted by Gasteiger charge is 2.44. The molecule has 0 saturated heterocycles. The van der Waals surface area contributed by atoms with Crippen LogP contribution in [0.15, 0.2) is 11.3 Å². The van der Waals surface area contributed by atoms with Crippen LogP contribution in [0.1, 0.15) is 42.3 Å². The Bertz CT molecular complexity index is 808. The maximum Gasteiger partial charge on any atom is 0.347 e. The fourth-order valence-corrected chi connectivity index (χ4v) is 3.30. The van der Waals surface area contributed by atoms with Crippen molar-refractivity contribution in [3.63, 3.8) is 0 Å². The molecule has 0 saturated carbocycles. The van der Waals surface area contributed by atoms with E-state index < -0.39 is 23.6 Å². The number of fused-ring (bicyclic) bond motifs is 2. The monoisotopic (exact) mass is 334 g/mol. The van der Waals surface area contributed by atoms with Gasteiger partial charge in [-0.15, -0.1) is 0 Å². The second-order valence-corrected chi connectivity index (χ2v) is 6.55. The number of phenols is 1. The number of Topliss-reactive ketones (excluding diaryl/α,β-unsaturated/α-hetero) is 1. The number of esters is 1. The van der Waals surface area contributed by atoms with Gasteiger partial charge in [0.15, 0.2) is 29.2 Å². The minimum atomic E-state index is -0.875. The van der Waals surface area contributed by atoms with Gasteiger partial charge in [-0.25, -0.2) is 9.18 Å². The van der Waals surface area contributed by atoms with Crippen LogP contribution in [0.3, 0.4) is 0 Å². The zero-order valence-electron chi connectivity index (χ0n) is 14.2. The minimum absolute atomic E-state index is 0.0398. The number of carbonyl (C=O) groups excluding carboxylic acids is 2. The Morgan fingerprint density at radius 2 is 1.71 bits per heavy atom. The summed E-state index contributed by atoms with van der Waals surface area (Å²) in [7, 11) is 0. The maximum atomic E-state index is 14.2. The van der Waals surface area contributed by atoms with Gasteiger partial charge in [0, 0.05) is 28.5 Å². The van der Waals surface area contributed by atoms with Crippen molar-refractivity contribution in [1.29, 1.82) is 0 Å². The van der Waals surface area contributed by atoms with E-state index in [-0.39, 0.29) is 45.8 Å². The van der Waals surface area contributed by atoms with Crippen molar-refractivity contribution >= 4 is 11.8 Å². The van der Waals surface area contributed by atoms with Crippen molar-refractivity contribution in [2.75, 3.05) is 0 Å². The second kappa shape index (κ2) is 5.33. The zero-order valence-corrected chi connectivity index (χ0v) is 14.2. The molecule has 1 aromatic carbocycles. The van der Waals surface area contributed by atoms with Gasteiger partial charge in [-0.2, -0.15) is 0 Å². The molecule has 0 aromatic heterocycles. The number of phenolic OH excluding ortho intramolecular Hbond substituents is 1. The zero-order chi connectivity index (χ0) is 17.9. The van der Waals surface area contributed by atoms with Gasteiger partial charge in [0.2, 0.25) is 0 Å². The van der Waals surface area contributed by atoms with Crippen LogP contribution >= 0.6 is 0 Å². The van der Waals surface area contributed by atoms with Crippen LogP contribution in [-0.2, 0) is 9.53 Å². The summed E-state index contributed by atoms with van der Waals surface area (Å²) >= 11 is 0. The number of allylic oxidation sites excluding steroid dienone is 1. The predicted octanol–water partition coefficient (Wildman–Crippen LogP) is 3.19. The topological polar surface area (TPSA) is 72.8 Å². The summed E-state index contributed by atoms with van der Waals surface area (Å²) in [5, 5.41) is 9.96. The Balaban J connectivity index is 2.27. The number of ketones is 1. The van der Waals surface area contributed by atoms with Crippen LogP contribution in [-0.4, -0.2) is 23.0 Å². The number of benzene rings is 1. The third-order valence-corrected chi connectivity index (χ3v) is 5.16. The fourth-order valence-electron chi connectivity index (χ4n) is 3.30. The quantitative estimate of drug-likeness (QED) is 0.738. The van der Waals surface area contributed by atoms with E-state index in [0.29, 0.717) is 5.57 Å². The van der Waals surface area contributed by atoms with E-state index in [1.807, 2.05) is 6.92 Å².